The summed E-state index contributed by atoms with van der Waals surface area (Å²) in [7, 11) is -3.07. The predicted molar refractivity (Wildman–Crippen MR) is 72.3 cm³/mol. The van der Waals surface area contributed by atoms with E-state index in [9.17, 15) is 8.42 Å². The van der Waals surface area contributed by atoms with Gasteiger partial charge in [0.1, 0.15) is 5.15 Å². The van der Waals surface area contributed by atoms with E-state index in [1.807, 2.05) is 0 Å². The van der Waals surface area contributed by atoms with Gasteiger partial charge in [-0.15, -0.1) is 0 Å². The van der Waals surface area contributed by atoms with Crippen LogP contribution in [0, 0.1) is 5.92 Å². The molecule has 100 valence electrons. The van der Waals surface area contributed by atoms with Crippen molar-refractivity contribution in [2.45, 2.75) is 18.6 Å². The normalized spacial score (nSPS) is 20.8. The highest BCUT2D eigenvalue weighted by Gasteiger charge is 2.21. The van der Waals surface area contributed by atoms with Crippen molar-refractivity contribution in [1.29, 1.82) is 0 Å². The largest absolute Gasteiger partial charge is 0.316 e. The molecule has 0 radical (unpaired) electrons. The van der Waals surface area contributed by atoms with Gasteiger partial charge < -0.3 is 5.32 Å². The van der Waals surface area contributed by atoms with Gasteiger partial charge in [0.05, 0.1) is 11.5 Å². The topological polar surface area (TPSA) is 59.1 Å². The van der Waals surface area contributed by atoms with Crippen molar-refractivity contribution in [3.05, 3.63) is 29.0 Å². The highest BCUT2D eigenvalue weighted by Crippen LogP contribution is 2.16. The predicted octanol–water partition coefficient (Wildman–Crippen LogP) is 1.65. The van der Waals surface area contributed by atoms with Gasteiger partial charge in [0.15, 0.2) is 9.84 Å². The molecule has 1 atom stereocenters. The van der Waals surface area contributed by atoms with Crippen molar-refractivity contribution in [3.8, 4) is 0 Å². The van der Waals surface area contributed by atoms with Crippen LogP contribution in [0.2, 0.25) is 5.15 Å². The SMILES string of the molecule is O=S(=O)(Cc1ccc(Cl)nc1)C[C@H]1CCCNC1. The minimum atomic E-state index is -3.07. The van der Waals surface area contributed by atoms with Gasteiger partial charge in [-0.1, -0.05) is 17.7 Å². The lowest BCUT2D eigenvalue weighted by Crippen LogP contribution is -2.34. The second-order valence-electron chi connectivity index (χ2n) is 4.76. The molecule has 2 rings (SSSR count). The molecule has 1 aliphatic rings. The minimum Gasteiger partial charge on any atom is -0.316 e. The van der Waals surface area contributed by atoms with Crippen molar-refractivity contribution in [3.63, 3.8) is 0 Å². The first-order chi connectivity index (χ1) is 8.55. The zero-order valence-corrected chi connectivity index (χ0v) is 11.7. The second kappa shape index (κ2) is 5.99. The Kier molecular flexibility index (Phi) is 4.59. The van der Waals surface area contributed by atoms with E-state index >= 15 is 0 Å². The number of rotatable bonds is 4. The van der Waals surface area contributed by atoms with Crippen LogP contribution in [0.5, 0.6) is 0 Å². The van der Waals surface area contributed by atoms with E-state index in [0.29, 0.717) is 10.7 Å². The van der Waals surface area contributed by atoms with Crippen LogP contribution in [0.4, 0.5) is 0 Å². The van der Waals surface area contributed by atoms with E-state index < -0.39 is 9.84 Å². The van der Waals surface area contributed by atoms with Gasteiger partial charge in [-0.25, -0.2) is 13.4 Å². The minimum absolute atomic E-state index is 0.0493. The number of hydrogen-bond donors (Lipinski definition) is 1. The molecule has 2 heterocycles. The van der Waals surface area contributed by atoms with E-state index in [1.54, 1.807) is 12.1 Å². The Morgan fingerprint density at radius 1 is 1.44 bits per heavy atom. The summed E-state index contributed by atoms with van der Waals surface area (Å²) in [5, 5.41) is 3.62. The lowest BCUT2D eigenvalue weighted by molar-refractivity contribution is 0.404. The van der Waals surface area contributed by atoms with E-state index in [0.717, 1.165) is 25.9 Å². The number of aromatic nitrogens is 1. The van der Waals surface area contributed by atoms with Gasteiger partial charge in [0, 0.05) is 6.20 Å². The number of sulfone groups is 1. The highest BCUT2D eigenvalue weighted by atomic mass is 35.5. The number of pyridine rings is 1. The Hall–Kier alpha value is -0.650. The van der Waals surface area contributed by atoms with Crippen LogP contribution in [-0.2, 0) is 15.6 Å². The zero-order valence-electron chi connectivity index (χ0n) is 10.1. The van der Waals surface area contributed by atoms with Crippen molar-refractivity contribution in [2.75, 3.05) is 18.8 Å². The molecule has 6 heteroatoms. The summed E-state index contributed by atoms with van der Waals surface area (Å²) in [5.74, 6) is 0.542. The Morgan fingerprint density at radius 3 is 2.89 bits per heavy atom. The smallest absolute Gasteiger partial charge is 0.154 e. The fourth-order valence-corrected chi connectivity index (χ4v) is 4.14. The Morgan fingerprint density at radius 2 is 2.28 bits per heavy atom. The van der Waals surface area contributed by atoms with Crippen LogP contribution < -0.4 is 5.32 Å². The van der Waals surface area contributed by atoms with Crippen LogP contribution in [0.1, 0.15) is 18.4 Å². The molecular formula is C12H17ClN2O2S. The van der Waals surface area contributed by atoms with E-state index in [4.69, 9.17) is 11.6 Å². The third kappa shape index (κ3) is 4.23. The quantitative estimate of drug-likeness (QED) is 0.856. The molecule has 1 saturated heterocycles. The Labute approximate surface area is 113 Å². The standard InChI is InChI=1S/C12H17ClN2O2S/c13-12-4-3-11(7-15-12)9-18(16,17)8-10-2-1-5-14-6-10/h3-4,7,10,14H,1-2,5-6,8-9H2/t10-/m0/s1. The number of nitrogens with one attached hydrogen (secondary N) is 1. The summed E-state index contributed by atoms with van der Waals surface area (Å²) in [5.41, 5.74) is 0.697. The monoisotopic (exact) mass is 288 g/mol. The van der Waals surface area contributed by atoms with Crippen molar-refractivity contribution < 1.29 is 8.42 Å². The van der Waals surface area contributed by atoms with Crippen LogP contribution >= 0.6 is 11.6 Å². The molecule has 1 N–H and O–H groups in total. The molecule has 18 heavy (non-hydrogen) atoms. The van der Waals surface area contributed by atoms with Gasteiger partial charge in [-0.3, -0.25) is 0 Å². The average Bonchev–Trinajstić information content (AvgIpc) is 2.32. The van der Waals surface area contributed by atoms with Gasteiger partial charge in [0.25, 0.3) is 0 Å². The molecule has 0 amide bonds. The molecule has 1 aromatic rings. The summed E-state index contributed by atoms with van der Waals surface area (Å²) >= 11 is 5.67. The molecule has 0 aromatic carbocycles. The molecule has 1 fully saturated rings. The molecule has 1 aliphatic heterocycles. The zero-order chi connectivity index (χ0) is 13.0. The van der Waals surface area contributed by atoms with Gasteiger partial charge in [-0.05, 0) is 43.5 Å². The number of nitrogens with zero attached hydrogens (tertiary/aromatic N) is 1. The van der Waals surface area contributed by atoms with Gasteiger partial charge in [-0.2, -0.15) is 0 Å². The molecule has 4 nitrogen and oxygen atoms in total. The third-order valence-corrected chi connectivity index (χ3v) is 5.04. The maximum atomic E-state index is 12.1. The first-order valence-corrected chi connectivity index (χ1v) is 8.27. The molecular weight excluding hydrogens is 272 g/mol. The van der Waals surface area contributed by atoms with Crippen LogP contribution in [-0.4, -0.2) is 32.2 Å². The van der Waals surface area contributed by atoms with Crippen LogP contribution in [0.3, 0.4) is 0 Å². The van der Waals surface area contributed by atoms with E-state index in [-0.39, 0.29) is 17.4 Å². The maximum absolute atomic E-state index is 12.1. The summed E-state index contributed by atoms with van der Waals surface area (Å²) in [6.07, 6.45) is 3.58. The maximum Gasteiger partial charge on any atom is 0.154 e. The third-order valence-electron chi connectivity index (χ3n) is 3.06. The van der Waals surface area contributed by atoms with Crippen molar-refractivity contribution >= 4 is 21.4 Å². The van der Waals surface area contributed by atoms with E-state index in [1.165, 1.54) is 6.20 Å². The Balaban J connectivity index is 1.96. The lowest BCUT2D eigenvalue weighted by atomic mass is 10.0. The van der Waals surface area contributed by atoms with E-state index in [2.05, 4.69) is 10.3 Å². The fraction of sp³-hybridized carbons (Fsp3) is 0.583. The number of piperidine rings is 1. The second-order valence-corrected chi connectivity index (χ2v) is 7.25. The summed E-state index contributed by atoms with van der Waals surface area (Å²) in [6, 6.07) is 3.33. The highest BCUT2D eigenvalue weighted by molar-refractivity contribution is 7.90. The number of halogens is 1. The first kappa shape index (κ1) is 13.8. The summed E-state index contributed by atoms with van der Waals surface area (Å²) < 4.78 is 24.1. The summed E-state index contributed by atoms with van der Waals surface area (Å²) in [6.45, 7) is 1.80. The van der Waals surface area contributed by atoms with Crippen LogP contribution in [0.25, 0.3) is 0 Å². The molecule has 0 saturated carbocycles. The molecule has 0 unspecified atom stereocenters. The fourth-order valence-electron chi connectivity index (χ4n) is 2.23. The van der Waals surface area contributed by atoms with Crippen LogP contribution in [0.15, 0.2) is 18.3 Å². The molecule has 0 spiro atoms. The molecule has 0 bridgehead atoms. The van der Waals surface area contributed by atoms with Gasteiger partial charge >= 0.3 is 0 Å². The Bertz CT molecular complexity index is 481. The summed E-state index contributed by atoms with van der Waals surface area (Å²) in [4.78, 5) is 3.90. The molecule has 0 aliphatic carbocycles. The average molecular weight is 289 g/mol. The lowest BCUT2D eigenvalue weighted by Gasteiger charge is -2.22. The van der Waals surface area contributed by atoms with Crippen molar-refractivity contribution in [2.24, 2.45) is 5.92 Å². The van der Waals surface area contributed by atoms with Gasteiger partial charge in [0.2, 0.25) is 0 Å². The number of hydrogen-bond acceptors (Lipinski definition) is 4. The van der Waals surface area contributed by atoms with Crippen molar-refractivity contribution in [1.82, 2.24) is 10.3 Å². The first-order valence-electron chi connectivity index (χ1n) is 6.07. The molecule has 1 aromatic heterocycles.